The topological polar surface area (TPSA) is 49.3 Å². The van der Waals surface area contributed by atoms with Crippen LogP contribution in [0.25, 0.3) is 0 Å². The molecule has 0 aromatic heterocycles. The average molecular weight is 408 g/mol. The van der Waals surface area contributed by atoms with E-state index in [0.717, 1.165) is 42.5 Å². The molecule has 0 aliphatic heterocycles. The third-order valence-corrected chi connectivity index (χ3v) is 5.04. The van der Waals surface area contributed by atoms with Gasteiger partial charge in [0.1, 0.15) is 0 Å². The van der Waals surface area contributed by atoms with Crippen molar-refractivity contribution in [3.63, 3.8) is 0 Å². The van der Waals surface area contributed by atoms with Crippen LogP contribution in [0.2, 0.25) is 0 Å². The zero-order valence-electron chi connectivity index (χ0n) is 19.4. The summed E-state index contributed by atoms with van der Waals surface area (Å²) >= 11 is 0. The highest BCUT2D eigenvalue weighted by Crippen LogP contribution is 2.22. The van der Waals surface area contributed by atoms with Crippen LogP contribution in [0.5, 0.6) is 0 Å². The van der Waals surface area contributed by atoms with Crippen molar-refractivity contribution in [3.8, 4) is 0 Å². The molecule has 0 rings (SSSR count). The molecule has 5 nitrogen and oxygen atoms in total. The van der Waals surface area contributed by atoms with E-state index in [9.17, 15) is 0 Å². The van der Waals surface area contributed by atoms with Crippen LogP contribution in [0.1, 0.15) is 46.5 Å². The van der Waals surface area contributed by atoms with E-state index < -0.39 is 0 Å². The Labute approximate surface area is 178 Å². The SMILES string of the molecule is C=CCC(CC(CC(CC(OC)C(C)=CC(C)=CC=C(C)N=C)OC)OC)OC. The van der Waals surface area contributed by atoms with Gasteiger partial charge < -0.3 is 18.9 Å². The molecular formula is C24H41NO4. The summed E-state index contributed by atoms with van der Waals surface area (Å²) in [6.07, 6.45) is 11.3. The lowest BCUT2D eigenvalue weighted by molar-refractivity contribution is -0.0263. The van der Waals surface area contributed by atoms with Gasteiger partial charge in [0.15, 0.2) is 0 Å². The van der Waals surface area contributed by atoms with Gasteiger partial charge in [-0.25, -0.2) is 0 Å². The van der Waals surface area contributed by atoms with E-state index in [4.69, 9.17) is 18.9 Å². The Balaban J connectivity index is 5.09. The Morgan fingerprint density at radius 2 is 1.38 bits per heavy atom. The smallest absolute Gasteiger partial charge is 0.0806 e. The van der Waals surface area contributed by atoms with E-state index in [0.29, 0.717) is 0 Å². The van der Waals surface area contributed by atoms with Crippen LogP contribution in [0.15, 0.2) is 52.7 Å². The molecule has 0 N–H and O–H groups in total. The van der Waals surface area contributed by atoms with E-state index in [2.05, 4.69) is 38.2 Å². The predicted molar refractivity (Wildman–Crippen MR) is 123 cm³/mol. The molecular weight excluding hydrogens is 366 g/mol. The fourth-order valence-electron chi connectivity index (χ4n) is 3.15. The first-order chi connectivity index (χ1) is 13.8. The molecule has 4 atom stereocenters. The van der Waals surface area contributed by atoms with Crippen molar-refractivity contribution < 1.29 is 18.9 Å². The second-order valence-corrected chi connectivity index (χ2v) is 7.29. The lowest BCUT2D eigenvalue weighted by Gasteiger charge is -2.27. The summed E-state index contributed by atoms with van der Waals surface area (Å²) < 4.78 is 22.7. The molecule has 0 fully saturated rings. The van der Waals surface area contributed by atoms with E-state index in [1.54, 1.807) is 28.4 Å². The Kier molecular flexibility index (Phi) is 15.4. The molecule has 0 aliphatic carbocycles. The molecule has 0 saturated heterocycles. The third-order valence-electron chi connectivity index (χ3n) is 5.04. The molecule has 29 heavy (non-hydrogen) atoms. The van der Waals surface area contributed by atoms with Gasteiger partial charge in [-0.3, -0.25) is 4.99 Å². The van der Waals surface area contributed by atoms with Gasteiger partial charge >= 0.3 is 0 Å². The van der Waals surface area contributed by atoms with Gasteiger partial charge in [-0.1, -0.05) is 23.8 Å². The summed E-state index contributed by atoms with van der Waals surface area (Å²) in [4.78, 5) is 3.89. The molecule has 0 radical (unpaired) electrons. The van der Waals surface area contributed by atoms with Crippen LogP contribution < -0.4 is 0 Å². The molecule has 0 aromatic carbocycles. The van der Waals surface area contributed by atoms with Crippen LogP contribution in [-0.4, -0.2) is 59.6 Å². The first-order valence-electron chi connectivity index (χ1n) is 10.1. The number of methoxy groups -OCH3 is 4. The van der Waals surface area contributed by atoms with Crippen molar-refractivity contribution in [2.24, 2.45) is 4.99 Å². The van der Waals surface area contributed by atoms with Crippen LogP contribution >= 0.6 is 0 Å². The van der Waals surface area contributed by atoms with E-state index in [1.807, 2.05) is 25.2 Å². The van der Waals surface area contributed by atoms with E-state index in [1.165, 1.54) is 0 Å². The average Bonchev–Trinajstić information content (AvgIpc) is 2.73. The highest BCUT2D eigenvalue weighted by atomic mass is 16.5. The Morgan fingerprint density at radius 3 is 1.86 bits per heavy atom. The van der Waals surface area contributed by atoms with Crippen LogP contribution in [0, 0.1) is 0 Å². The third kappa shape index (κ3) is 11.9. The Morgan fingerprint density at radius 1 is 0.828 bits per heavy atom. The fraction of sp³-hybridized carbons (Fsp3) is 0.625. The van der Waals surface area contributed by atoms with Gasteiger partial charge in [0, 0.05) is 47.0 Å². The first-order valence-corrected chi connectivity index (χ1v) is 10.1. The number of aliphatic imine (C=N–C) groups is 1. The number of hydrogen-bond acceptors (Lipinski definition) is 5. The summed E-state index contributed by atoms with van der Waals surface area (Å²) in [6.45, 7) is 13.4. The minimum absolute atomic E-state index is 0.0193. The maximum atomic E-state index is 5.75. The molecule has 0 aromatic rings. The highest BCUT2D eigenvalue weighted by Gasteiger charge is 2.23. The van der Waals surface area contributed by atoms with Crippen LogP contribution in [-0.2, 0) is 18.9 Å². The summed E-state index contributed by atoms with van der Waals surface area (Å²) in [7, 11) is 6.93. The maximum Gasteiger partial charge on any atom is 0.0806 e. The fourth-order valence-corrected chi connectivity index (χ4v) is 3.15. The van der Waals surface area contributed by atoms with Crippen molar-refractivity contribution >= 4 is 6.72 Å². The molecule has 0 saturated carbocycles. The van der Waals surface area contributed by atoms with Gasteiger partial charge in [0.05, 0.1) is 24.4 Å². The Hall–Kier alpha value is -1.53. The van der Waals surface area contributed by atoms with Gasteiger partial charge in [0.2, 0.25) is 0 Å². The van der Waals surface area contributed by atoms with E-state index >= 15 is 0 Å². The van der Waals surface area contributed by atoms with Crippen LogP contribution in [0.3, 0.4) is 0 Å². The molecule has 0 spiro atoms. The van der Waals surface area contributed by atoms with E-state index in [-0.39, 0.29) is 24.4 Å². The zero-order valence-corrected chi connectivity index (χ0v) is 19.4. The molecule has 0 bridgehead atoms. The van der Waals surface area contributed by atoms with Crippen LogP contribution in [0.4, 0.5) is 0 Å². The van der Waals surface area contributed by atoms with Gasteiger partial charge in [-0.05, 0) is 52.0 Å². The number of nitrogens with zero attached hydrogens (tertiary/aromatic N) is 1. The molecule has 166 valence electrons. The quantitative estimate of drug-likeness (QED) is 0.198. The monoisotopic (exact) mass is 407 g/mol. The predicted octanol–water partition coefficient (Wildman–Crippen LogP) is 5.29. The standard InChI is InChI=1S/C24H41NO4/c1-10-11-21(26-6)15-22(27-7)16-23(28-8)17-24(29-9)19(3)14-18(2)12-13-20(4)25-5/h10,12-14,21-24H,1,5,11,15-17H2,2-4,6-9H3. The summed E-state index contributed by atoms with van der Waals surface area (Å²) in [6, 6.07) is 0. The zero-order chi connectivity index (χ0) is 22.2. The van der Waals surface area contributed by atoms with Gasteiger partial charge in [-0.15, -0.1) is 6.58 Å². The van der Waals surface area contributed by atoms with Crippen molar-refractivity contribution in [1.29, 1.82) is 0 Å². The number of rotatable bonds is 16. The number of hydrogen-bond donors (Lipinski definition) is 0. The van der Waals surface area contributed by atoms with Gasteiger partial charge in [0.25, 0.3) is 0 Å². The number of ether oxygens (including phenoxy) is 4. The lowest BCUT2D eigenvalue weighted by atomic mass is 9.96. The molecule has 4 unspecified atom stereocenters. The second kappa shape index (κ2) is 16.3. The minimum Gasteiger partial charge on any atom is -0.381 e. The molecule has 0 amide bonds. The summed E-state index contributed by atoms with van der Waals surface area (Å²) in [5.41, 5.74) is 3.16. The number of allylic oxidation sites excluding steroid dienone is 5. The largest absolute Gasteiger partial charge is 0.381 e. The lowest BCUT2D eigenvalue weighted by Crippen LogP contribution is -2.30. The molecule has 0 aliphatic rings. The van der Waals surface area contributed by atoms with Gasteiger partial charge in [-0.2, -0.15) is 0 Å². The molecule has 5 heteroatoms. The van der Waals surface area contributed by atoms with Crippen molar-refractivity contribution in [3.05, 3.63) is 47.7 Å². The highest BCUT2D eigenvalue weighted by molar-refractivity contribution is 5.32. The Bertz CT molecular complexity index is 565. The van der Waals surface area contributed by atoms with Crippen molar-refractivity contribution in [2.45, 2.75) is 70.9 Å². The maximum absolute atomic E-state index is 5.75. The minimum atomic E-state index is -0.0326. The second-order valence-electron chi connectivity index (χ2n) is 7.29. The molecule has 0 heterocycles. The normalized spacial score (nSPS) is 17.6. The summed E-state index contributed by atoms with van der Waals surface area (Å²) in [5.74, 6) is 0. The summed E-state index contributed by atoms with van der Waals surface area (Å²) in [5, 5.41) is 0. The van der Waals surface area contributed by atoms with Crippen molar-refractivity contribution in [1.82, 2.24) is 0 Å². The van der Waals surface area contributed by atoms with Crippen molar-refractivity contribution in [2.75, 3.05) is 28.4 Å². The first kappa shape index (κ1) is 27.5.